The number of phenolic OH excluding ortho intramolecular Hbond substituents is 1. The quantitative estimate of drug-likeness (QED) is 0.124. The number of benzene rings is 3. The van der Waals surface area contributed by atoms with Crippen molar-refractivity contribution in [2.45, 2.75) is 45.0 Å². The number of phenols is 1. The topological polar surface area (TPSA) is 96.3 Å². The molecule has 9 heteroatoms. The van der Waals surface area contributed by atoms with Gasteiger partial charge in [-0.15, -0.1) is 0 Å². The number of ether oxygens (including phenoxy) is 1. The second-order valence-corrected chi connectivity index (χ2v) is 12.0. The van der Waals surface area contributed by atoms with Gasteiger partial charge in [0.2, 0.25) is 11.8 Å². The molecular weight excluding hydrogens is 572 g/mol. The summed E-state index contributed by atoms with van der Waals surface area (Å²) in [5, 5.41) is 20.7. The van der Waals surface area contributed by atoms with Gasteiger partial charge in [0, 0.05) is 6.54 Å². The van der Waals surface area contributed by atoms with Crippen LogP contribution in [0.25, 0.3) is 11.6 Å². The van der Waals surface area contributed by atoms with E-state index >= 15 is 0 Å². The molecule has 7 nitrogen and oxygen atoms in total. The highest BCUT2D eigenvalue weighted by atomic mass is 19.1. The fraction of sp³-hybridized carbons (Fsp3) is 0.333. The van der Waals surface area contributed by atoms with Crippen LogP contribution < -0.4 is 4.74 Å². The highest BCUT2D eigenvalue weighted by Crippen LogP contribution is 2.51. The highest BCUT2D eigenvalue weighted by Gasteiger charge is 2.57. The van der Waals surface area contributed by atoms with Gasteiger partial charge in [0.05, 0.1) is 17.9 Å². The monoisotopic (exact) mass is 609 g/mol. The summed E-state index contributed by atoms with van der Waals surface area (Å²) >= 11 is 0. The Bertz CT molecular complexity index is 1610. The third-order valence-corrected chi connectivity index (χ3v) is 9.14. The summed E-state index contributed by atoms with van der Waals surface area (Å²) in [5.74, 6) is -2.08. The maximum Gasteiger partial charge on any atom is 0.455 e. The summed E-state index contributed by atoms with van der Waals surface area (Å²) in [4.78, 5) is 28.6. The number of halogens is 1. The van der Waals surface area contributed by atoms with Crippen LogP contribution in [0, 0.1) is 23.6 Å². The Morgan fingerprint density at radius 2 is 1.78 bits per heavy atom. The normalized spacial score (nSPS) is 23.3. The van der Waals surface area contributed by atoms with Crippen LogP contribution in [0.5, 0.6) is 11.5 Å². The molecule has 3 aromatic carbocycles. The summed E-state index contributed by atoms with van der Waals surface area (Å²) in [7, 11) is -1.09. The van der Waals surface area contributed by atoms with E-state index in [1.165, 1.54) is 17.0 Å². The number of fused-ring (bicyclic) bond motifs is 3. The summed E-state index contributed by atoms with van der Waals surface area (Å²) in [6.07, 6.45) is 3.70. The molecule has 4 atom stereocenters. The molecule has 2 aliphatic heterocycles. The van der Waals surface area contributed by atoms with Crippen molar-refractivity contribution >= 4 is 30.6 Å². The van der Waals surface area contributed by atoms with Crippen LogP contribution in [-0.4, -0.2) is 53.2 Å². The van der Waals surface area contributed by atoms with Gasteiger partial charge in [-0.3, -0.25) is 14.5 Å². The first kappa shape index (κ1) is 30.8. The molecule has 45 heavy (non-hydrogen) atoms. The molecule has 6 rings (SSSR count). The number of imide groups is 1. The number of rotatable bonds is 10. The van der Waals surface area contributed by atoms with E-state index in [1.54, 1.807) is 6.07 Å². The lowest BCUT2D eigenvalue weighted by Crippen LogP contribution is -2.46. The lowest BCUT2D eigenvalue weighted by atomic mass is 9.58. The van der Waals surface area contributed by atoms with Gasteiger partial charge >= 0.3 is 7.12 Å². The second-order valence-electron chi connectivity index (χ2n) is 12.0. The molecule has 0 radical (unpaired) electrons. The molecule has 0 saturated carbocycles. The minimum atomic E-state index is -1.09. The Kier molecular flexibility index (Phi) is 9.19. The Hall–Kier alpha value is -4.21. The van der Waals surface area contributed by atoms with Crippen LogP contribution in [0.3, 0.4) is 0 Å². The summed E-state index contributed by atoms with van der Waals surface area (Å²) in [5.41, 5.74) is 4.37. The molecule has 2 N–H and O–H groups in total. The van der Waals surface area contributed by atoms with E-state index in [0.29, 0.717) is 43.5 Å². The van der Waals surface area contributed by atoms with Gasteiger partial charge in [0.1, 0.15) is 12.4 Å². The largest absolute Gasteiger partial charge is 0.505 e. The van der Waals surface area contributed by atoms with Crippen molar-refractivity contribution in [1.82, 2.24) is 4.90 Å². The lowest BCUT2D eigenvalue weighted by molar-refractivity contribution is -0.140. The van der Waals surface area contributed by atoms with Crippen molar-refractivity contribution in [3.8, 4) is 11.5 Å². The van der Waals surface area contributed by atoms with Gasteiger partial charge in [-0.1, -0.05) is 67.6 Å². The molecule has 1 aliphatic carbocycles. The molecule has 2 saturated heterocycles. The third-order valence-electron chi connectivity index (χ3n) is 9.14. The van der Waals surface area contributed by atoms with Crippen LogP contribution in [0.2, 0.25) is 6.32 Å². The molecule has 3 aliphatic rings. The molecule has 0 bridgehead atoms. The van der Waals surface area contributed by atoms with Gasteiger partial charge in [-0.2, -0.15) is 0 Å². The molecule has 2 amide bonds. The number of para-hydroxylation sites is 1. The SMILES string of the molecule is CCCN1C(=O)[C@@H]2[C@@H](CC(COc3ccccc3)=C3[C@@H](CC/C(=C/c4ccc(O)c(F)c4)c4ccccc4)OB(O)C[C@@H]32)C1=O. The number of hydrogen-bond acceptors (Lipinski definition) is 6. The van der Waals surface area contributed by atoms with Gasteiger partial charge in [-0.25, -0.2) is 4.39 Å². The molecule has 2 heterocycles. The zero-order valence-electron chi connectivity index (χ0n) is 25.3. The third kappa shape index (κ3) is 6.46. The first-order valence-electron chi connectivity index (χ1n) is 15.7. The highest BCUT2D eigenvalue weighted by molar-refractivity contribution is 6.43. The van der Waals surface area contributed by atoms with E-state index in [0.717, 1.165) is 22.3 Å². The number of likely N-dealkylation sites (tertiary alicyclic amines) is 1. The Morgan fingerprint density at radius 3 is 2.49 bits per heavy atom. The van der Waals surface area contributed by atoms with E-state index in [-0.39, 0.29) is 30.7 Å². The molecular formula is C36H37BFNO6. The van der Waals surface area contributed by atoms with Crippen LogP contribution in [0.1, 0.15) is 43.7 Å². The Labute approximate surface area is 263 Å². The smallest absolute Gasteiger partial charge is 0.455 e. The summed E-state index contributed by atoms with van der Waals surface area (Å²) < 4.78 is 26.6. The fourth-order valence-electron chi connectivity index (χ4n) is 7.15. The van der Waals surface area contributed by atoms with E-state index in [4.69, 9.17) is 9.39 Å². The zero-order valence-corrected chi connectivity index (χ0v) is 25.3. The maximum absolute atomic E-state index is 14.2. The Balaban J connectivity index is 1.35. The first-order valence-corrected chi connectivity index (χ1v) is 15.7. The number of amides is 2. The molecule has 0 aromatic heterocycles. The molecule has 0 spiro atoms. The van der Waals surface area contributed by atoms with E-state index in [9.17, 15) is 24.1 Å². The van der Waals surface area contributed by atoms with E-state index in [2.05, 4.69) is 0 Å². The number of carbonyl (C=O) groups excluding carboxylic acids is 2. The molecule has 0 unspecified atom stereocenters. The number of hydrogen-bond donors (Lipinski definition) is 2. The second kappa shape index (κ2) is 13.4. The lowest BCUT2D eigenvalue weighted by Gasteiger charge is -2.43. The van der Waals surface area contributed by atoms with Crippen LogP contribution >= 0.6 is 0 Å². The van der Waals surface area contributed by atoms with Gasteiger partial charge in [0.15, 0.2) is 11.6 Å². The average molecular weight is 610 g/mol. The standard InChI is InChI=1S/C36H37BFNO6/c1-2-17-39-35(41)28-20-26(22-44-27-11-7-4-8-12-27)33-29(34(28)36(39)42)21-37(43)45-32(33)16-14-25(24-9-5-3-6-10-24)18-23-13-15-31(40)30(38)19-23/h3-13,15,18-19,28-29,32,34,40,43H,2,14,16-17,20-22H2,1H3/b25-18-/t28-,29+,32-,34-/m1/s1. The van der Waals surface area contributed by atoms with Crippen molar-refractivity contribution in [2.75, 3.05) is 13.2 Å². The number of aromatic hydroxyl groups is 1. The fourth-order valence-corrected chi connectivity index (χ4v) is 7.15. The Morgan fingerprint density at radius 1 is 1.04 bits per heavy atom. The first-order chi connectivity index (χ1) is 21.8. The minimum absolute atomic E-state index is 0.143. The minimum Gasteiger partial charge on any atom is -0.505 e. The number of nitrogens with zero attached hydrogens (tertiary/aromatic N) is 1. The average Bonchev–Trinajstić information content (AvgIpc) is 3.29. The van der Waals surface area contributed by atoms with Crippen molar-refractivity contribution in [3.63, 3.8) is 0 Å². The van der Waals surface area contributed by atoms with E-state index in [1.807, 2.05) is 73.7 Å². The maximum atomic E-state index is 14.2. The number of allylic oxidation sites excluding steroid dienone is 1. The van der Waals surface area contributed by atoms with Crippen molar-refractivity contribution < 1.29 is 33.5 Å². The predicted molar refractivity (Wildman–Crippen MR) is 170 cm³/mol. The van der Waals surface area contributed by atoms with Crippen molar-refractivity contribution in [3.05, 3.63) is 107 Å². The van der Waals surface area contributed by atoms with Gasteiger partial charge in [0.25, 0.3) is 0 Å². The predicted octanol–water partition coefficient (Wildman–Crippen LogP) is 6.14. The van der Waals surface area contributed by atoms with Crippen LogP contribution in [0.4, 0.5) is 4.39 Å². The van der Waals surface area contributed by atoms with Gasteiger partial charge in [-0.05, 0) is 90.0 Å². The number of carbonyl (C=O) groups is 2. The summed E-state index contributed by atoms with van der Waals surface area (Å²) in [6, 6.07) is 23.5. The van der Waals surface area contributed by atoms with Gasteiger partial charge < -0.3 is 19.5 Å². The van der Waals surface area contributed by atoms with E-state index < -0.39 is 36.6 Å². The zero-order chi connectivity index (χ0) is 31.5. The molecule has 2 fully saturated rings. The van der Waals surface area contributed by atoms with Crippen molar-refractivity contribution in [2.24, 2.45) is 17.8 Å². The molecule has 232 valence electrons. The van der Waals surface area contributed by atoms with Crippen LogP contribution in [-0.2, 0) is 14.2 Å². The molecule has 3 aromatic rings. The van der Waals surface area contributed by atoms with Crippen LogP contribution in [0.15, 0.2) is 90.0 Å². The summed E-state index contributed by atoms with van der Waals surface area (Å²) in [6.45, 7) is 2.58. The van der Waals surface area contributed by atoms with Crippen molar-refractivity contribution in [1.29, 1.82) is 0 Å².